The molecule has 27 atom stereocenters. The van der Waals surface area contributed by atoms with Crippen LogP contribution in [0, 0.1) is 256 Å². The fourth-order valence-corrected chi connectivity index (χ4v) is 21.6. The number of aliphatic hydroxyl groups excluding tert-OH is 7. The van der Waals surface area contributed by atoms with Crippen molar-refractivity contribution in [3.05, 3.63) is 33.4 Å². The van der Waals surface area contributed by atoms with E-state index < -0.39 is 156 Å². The van der Waals surface area contributed by atoms with E-state index in [1.165, 1.54) is 0 Å². The van der Waals surface area contributed by atoms with Crippen LogP contribution in [0.4, 0.5) is 0 Å². The van der Waals surface area contributed by atoms with Crippen LogP contribution in [-0.4, -0.2) is 198 Å². The maximum atomic E-state index is 13.8. The summed E-state index contributed by atoms with van der Waals surface area (Å²) >= 11 is 0. The Bertz CT molecular complexity index is 2600. The fourth-order valence-electron chi connectivity index (χ4n) is 21.6. The van der Waals surface area contributed by atoms with Crippen LogP contribution >= 0.6 is 0 Å². The van der Waals surface area contributed by atoms with E-state index in [-0.39, 0.29) is 257 Å². The normalized spacial score (nSPS) is 53.0. The van der Waals surface area contributed by atoms with Gasteiger partial charge in [0.25, 0.3) is 0 Å². The van der Waals surface area contributed by atoms with E-state index in [0.717, 1.165) is 0 Å². The molecule has 0 amide bonds. The minimum atomic E-state index is -1.58. The Kier molecular flexibility index (Phi) is 23.2. The van der Waals surface area contributed by atoms with E-state index in [2.05, 4.69) is 0 Å². The molecule has 9 fully saturated rings. The summed E-state index contributed by atoms with van der Waals surface area (Å²) in [6, 6.07) is 0. The summed E-state index contributed by atoms with van der Waals surface area (Å²) in [5.41, 5.74) is -11.6. The third-order valence-corrected chi connectivity index (χ3v) is 27.6. The van der Waals surface area contributed by atoms with Gasteiger partial charge in [-0.1, -0.05) is 90.0 Å². The molecule has 3 saturated heterocycles. The van der Waals surface area contributed by atoms with Gasteiger partial charge in [0, 0.05) is 247 Å². The Balaban J connectivity index is 0.000000206. The second-order valence-corrected chi connectivity index (χ2v) is 31.4. The first-order valence-electron chi connectivity index (χ1n) is 30.9. The van der Waals surface area contributed by atoms with Gasteiger partial charge in [-0.05, 0) is 104 Å². The summed E-state index contributed by atoms with van der Waals surface area (Å²) in [5.74, 6) is -5.08. The molecule has 12 aliphatic rings. The molecule has 3 aliphatic heterocycles. The molecule has 19 nitrogen and oxygen atoms in total. The van der Waals surface area contributed by atoms with E-state index >= 15 is 0 Å². The fraction of sp³-hybridized carbons (Fsp3) is 0.862. The van der Waals surface area contributed by atoms with Crippen molar-refractivity contribution in [3.63, 3.8) is 0 Å². The Morgan fingerprint density at radius 3 is 0.841 bits per heavy atom. The average molecular weight is 2090 g/mol. The van der Waals surface area contributed by atoms with Crippen LogP contribution in [0.1, 0.15) is 156 Å². The molecule has 6 saturated carbocycles. The van der Waals surface area contributed by atoms with Crippen LogP contribution < -0.4 is 0 Å². The summed E-state index contributed by atoms with van der Waals surface area (Å²) in [6.07, 6.45) is -8.35. The average Bonchev–Trinajstić information content (AvgIpc) is 0.695. The predicted octanol–water partition coefficient (Wildman–Crippen LogP) is 2.31. The molecule has 12 rings (SSSR count). The third kappa shape index (κ3) is 10.2. The number of fused-ring (bicyclic) bond motifs is 15. The van der Waals surface area contributed by atoms with Gasteiger partial charge >= 0.3 is 0 Å². The quantitative estimate of drug-likeness (QED) is 0.155. The SMILES string of the molecule is CC1=C2C(O)C(=O)[C@@]3(C)C([C@H](C)C(O)(CC1O)C2(C)C)[C@]1(O)COC1C[C@@H]3C.CC1=C2C(O)C(=O)[C@@]3(C)C([C@H](C)C(O)(CC1O)C2(C)C)[C@]1(O)COC1C[C@@H]3C.CC1=C2C(O)C(=O)[C@]3(C)C(O)CC4OC[C@@]4(O)C3[C@H](C)C(O)(CC1O)C2(C)C.[Ac].[Ac].[Ac].[Ac]. The molecule has 4 radical (unpaired) electrons. The zero-order chi connectivity index (χ0) is 63.1. The Labute approximate surface area is 662 Å². The first-order chi connectivity index (χ1) is 38.2. The largest absolute Gasteiger partial charge is 0.392 e. The number of hydrogen-bond acceptors (Lipinski definition) is 19. The molecule has 486 valence electrons. The standard InChI is InChI=1S/2C22H34O6.C21H32O7.4Ac/c2*1-10-7-14-21(26,9-28-14)17-12(3)22(27)8-13(23)11(2)15(19(22,4)5)16(24)18(25)20(10,17)6;1-9-11(22)7-21(27)10(2)16-19(5,12(23)6-13-20(16,26)8-28-13)17(25)15(24)14(9)18(21,3)4;;;;/h2*10,12-14,16-17,23-24,26-27H,7-9H2,1-6H3;10-13,15-16,22-24,26-27H,6-8H2,1-5H3;;;;/t2*10-,12-,13?,14?,16?,17?,20+,21-,22?;10-,11?,12?,13?,15?,16?,19+,20-,21?;;;;/m000..../s1. The van der Waals surface area contributed by atoms with Crippen molar-refractivity contribution in [1.82, 2.24) is 0 Å². The molecular formula is C65H100Ac4O19. The van der Waals surface area contributed by atoms with Crippen molar-refractivity contribution >= 4 is 17.3 Å². The minimum absolute atomic E-state index is 0. The third-order valence-electron chi connectivity index (χ3n) is 27.6. The molecule has 0 aromatic heterocycles. The smallest absolute Gasteiger partial charge is 0.174 e. The van der Waals surface area contributed by atoms with Gasteiger partial charge in [0.1, 0.15) is 35.1 Å². The topological polar surface area (TPSA) is 342 Å². The second-order valence-electron chi connectivity index (χ2n) is 31.4. The maximum Gasteiger partial charge on any atom is 0.174 e. The molecular weight excluding hydrogens is 1990 g/mol. The zero-order valence-electron chi connectivity index (χ0n) is 54.8. The van der Waals surface area contributed by atoms with Gasteiger partial charge in [-0.2, -0.15) is 0 Å². The zero-order valence-corrected chi connectivity index (χ0v) is 73.8. The number of hydrogen-bond donors (Lipinski definition) is 13. The van der Waals surface area contributed by atoms with Crippen molar-refractivity contribution in [2.75, 3.05) is 19.8 Å². The Morgan fingerprint density at radius 1 is 0.375 bits per heavy atom. The van der Waals surface area contributed by atoms with Crippen molar-refractivity contribution < 1.29 is 271 Å². The number of ketones is 3. The van der Waals surface area contributed by atoms with Crippen LogP contribution in [-0.2, 0) is 28.6 Å². The first kappa shape index (κ1) is 80.3. The molecule has 3 heterocycles. The molecule has 23 heteroatoms. The van der Waals surface area contributed by atoms with Crippen molar-refractivity contribution in [2.45, 2.75) is 251 Å². The summed E-state index contributed by atoms with van der Waals surface area (Å²) < 4.78 is 16.8. The van der Waals surface area contributed by atoms with Crippen LogP contribution in [0.2, 0.25) is 0 Å². The molecule has 16 unspecified atom stereocenters. The predicted molar refractivity (Wildman–Crippen MR) is 304 cm³/mol. The molecule has 0 aromatic carbocycles. The van der Waals surface area contributed by atoms with E-state index in [0.29, 0.717) is 46.3 Å². The van der Waals surface area contributed by atoms with Crippen LogP contribution in [0.25, 0.3) is 0 Å². The van der Waals surface area contributed by atoms with E-state index in [4.69, 9.17) is 14.2 Å². The van der Waals surface area contributed by atoms with Gasteiger partial charge in [0.2, 0.25) is 0 Å². The second kappa shape index (κ2) is 25.5. The van der Waals surface area contributed by atoms with Crippen molar-refractivity contribution in [2.24, 2.45) is 79.8 Å². The summed E-state index contributed by atoms with van der Waals surface area (Å²) in [5, 5.41) is 147. The van der Waals surface area contributed by atoms with Crippen molar-refractivity contribution in [1.29, 1.82) is 0 Å². The molecule has 0 aromatic rings. The molecule has 0 spiro atoms. The number of ether oxygens (including phenoxy) is 3. The monoisotopic (exact) mass is 2090 g/mol. The van der Waals surface area contributed by atoms with Gasteiger partial charge < -0.3 is 80.6 Å². The van der Waals surface area contributed by atoms with Crippen LogP contribution in [0.5, 0.6) is 0 Å². The van der Waals surface area contributed by atoms with E-state index in [1.54, 1.807) is 48.5 Å². The maximum absolute atomic E-state index is 13.8. The first-order valence-corrected chi connectivity index (χ1v) is 30.9. The Hall–Kier alpha value is 3.36. The van der Waals surface area contributed by atoms with Gasteiger partial charge in [-0.25, -0.2) is 0 Å². The summed E-state index contributed by atoms with van der Waals surface area (Å²) in [7, 11) is 0. The van der Waals surface area contributed by atoms with Gasteiger partial charge in [0.05, 0.1) is 84.8 Å². The number of carbonyl (C=O) groups is 3. The van der Waals surface area contributed by atoms with Gasteiger partial charge in [0.15, 0.2) is 17.3 Å². The minimum Gasteiger partial charge on any atom is -0.392 e. The number of aliphatic hydroxyl groups is 13. The number of carbonyl (C=O) groups excluding carboxylic acids is 3. The molecule has 9 aliphatic carbocycles. The summed E-state index contributed by atoms with van der Waals surface area (Å²) in [6.45, 7) is 31.0. The molecule has 88 heavy (non-hydrogen) atoms. The number of Topliss-reactive ketones (excluding diaryl/α,β-unsaturated/α-hetero) is 3. The van der Waals surface area contributed by atoms with Gasteiger partial charge in [-0.3, -0.25) is 14.4 Å². The number of rotatable bonds is 0. The van der Waals surface area contributed by atoms with Crippen LogP contribution in [0.15, 0.2) is 33.4 Å². The van der Waals surface area contributed by atoms with Crippen LogP contribution in [0.3, 0.4) is 0 Å². The van der Waals surface area contributed by atoms with E-state index in [1.807, 2.05) is 69.2 Å². The molecule has 13 N–H and O–H groups in total. The van der Waals surface area contributed by atoms with Gasteiger partial charge in [-0.15, -0.1) is 0 Å². The van der Waals surface area contributed by atoms with E-state index in [9.17, 15) is 80.8 Å². The Morgan fingerprint density at radius 2 is 0.602 bits per heavy atom. The van der Waals surface area contributed by atoms with Crippen molar-refractivity contribution in [3.8, 4) is 0 Å². The summed E-state index contributed by atoms with van der Waals surface area (Å²) in [4.78, 5) is 41.2. The molecule has 6 bridgehead atoms.